The van der Waals surface area contributed by atoms with Crippen molar-refractivity contribution in [3.63, 3.8) is 0 Å². The monoisotopic (exact) mass is 242 g/mol. The van der Waals surface area contributed by atoms with Crippen LogP contribution in [0.1, 0.15) is 19.4 Å². The summed E-state index contributed by atoms with van der Waals surface area (Å²) in [6, 6.07) is 2.46. The van der Waals surface area contributed by atoms with E-state index in [2.05, 4.69) is 42.2 Å². The van der Waals surface area contributed by atoms with Gasteiger partial charge in [-0.2, -0.15) is 11.8 Å². The molecule has 2 N–H and O–H groups in total. The first-order valence-corrected chi connectivity index (χ1v) is 7.01. The zero-order chi connectivity index (χ0) is 12.0. The third kappa shape index (κ3) is 3.85. The summed E-state index contributed by atoms with van der Waals surface area (Å²) in [7, 11) is 0. The van der Waals surface area contributed by atoms with E-state index in [1.54, 1.807) is 11.8 Å². The Kier molecular flexibility index (Phi) is 5.95. The summed E-state index contributed by atoms with van der Waals surface area (Å²) in [6.45, 7) is 6.36. The Morgan fingerprint density at radius 2 is 2.31 bits per heavy atom. The van der Waals surface area contributed by atoms with E-state index in [-0.39, 0.29) is 11.9 Å². The number of aliphatic hydroxyl groups is 1. The van der Waals surface area contributed by atoms with E-state index in [0.29, 0.717) is 6.04 Å². The van der Waals surface area contributed by atoms with Gasteiger partial charge in [-0.05, 0) is 31.7 Å². The summed E-state index contributed by atoms with van der Waals surface area (Å²) < 4.78 is 2.17. The summed E-state index contributed by atoms with van der Waals surface area (Å²) in [5, 5.41) is 12.9. The molecule has 0 radical (unpaired) electrons. The van der Waals surface area contributed by atoms with Crippen molar-refractivity contribution in [2.75, 3.05) is 12.9 Å². The minimum atomic E-state index is 0.227. The molecule has 1 heterocycles. The lowest BCUT2D eigenvalue weighted by molar-refractivity contribution is 0.276. The number of nitrogens with one attached hydrogen (secondary N) is 1. The van der Waals surface area contributed by atoms with E-state index >= 15 is 0 Å². The second-order valence-corrected chi connectivity index (χ2v) is 5.05. The van der Waals surface area contributed by atoms with Crippen molar-refractivity contribution in [1.29, 1.82) is 0 Å². The van der Waals surface area contributed by atoms with Gasteiger partial charge in [-0.1, -0.05) is 0 Å². The van der Waals surface area contributed by atoms with Gasteiger partial charge in [0.25, 0.3) is 0 Å². The van der Waals surface area contributed by atoms with E-state index in [1.165, 1.54) is 5.56 Å². The van der Waals surface area contributed by atoms with Crippen LogP contribution >= 0.6 is 11.8 Å². The van der Waals surface area contributed by atoms with Gasteiger partial charge in [0.05, 0.1) is 6.61 Å². The predicted molar refractivity (Wildman–Crippen MR) is 70.8 cm³/mol. The summed E-state index contributed by atoms with van der Waals surface area (Å²) >= 11 is 1.71. The van der Waals surface area contributed by atoms with Crippen LogP contribution in [0.4, 0.5) is 0 Å². The van der Waals surface area contributed by atoms with Crippen LogP contribution in [0.5, 0.6) is 0 Å². The molecule has 1 aromatic heterocycles. The number of aliphatic hydroxyl groups excluding tert-OH is 1. The Morgan fingerprint density at radius 3 is 2.81 bits per heavy atom. The molecule has 0 aliphatic carbocycles. The predicted octanol–water partition coefficient (Wildman–Crippen LogP) is 1.71. The highest BCUT2D eigenvalue weighted by Crippen LogP contribution is 2.11. The number of aryl methyl sites for hydroxylation is 1. The van der Waals surface area contributed by atoms with Crippen LogP contribution in [0.15, 0.2) is 18.5 Å². The van der Waals surface area contributed by atoms with Gasteiger partial charge >= 0.3 is 0 Å². The fraction of sp³-hybridized carbons (Fsp3) is 0.667. The van der Waals surface area contributed by atoms with Crippen molar-refractivity contribution >= 4 is 11.8 Å². The van der Waals surface area contributed by atoms with E-state index < -0.39 is 0 Å². The molecular weight excluding hydrogens is 220 g/mol. The molecule has 1 rings (SSSR count). The van der Waals surface area contributed by atoms with E-state index in [9.17, 15) is 5.11 Å². The van der Waals surface area contributed by atoms with Gasteiger partial charge in [0, 0.05) is 36.8 Å². The Morgan fingerprint density at radius 1 is 1.56 bits per heavy atom. The largest absolute Gasteiger partial charge is 0.395 e. The second-order valence-electron chi connectivity index (χ2n) is 3.98. The maximum Gasteiger partial charge on any atom is 0.0564 e. The third-order valence-electron chi connectivity index (χ3n) is 2.85. The standard InChI is InChI=1S/C12H22N2OS/c1-4-14-6-5-11(8-14)7-13-10(2)12(9-15)16-3/h5-6,8,10,12-13,15H,4,7,9H2,1-3H3. The van der Waals surface area contributed by atoms with Gasteiger partial charge in [-0.3, -0.25) is 0 Å². The van der Waals surface area contributed by atoms with Crippen LogP contribution in [-0.4, -0.2) is 33.8 Å². The van der Waals surface area contributed by atoms with Crippen molar-refractivity contribution < 1.29 is 5.11 Å². The van der Waals surface area contributed by atoms with Gasteiger partial charge in [-0.25, -0.2) is 0 Å². The topological polar surface area (TPSA) is 37.2 Å². The van der Waals surface area contributed by atoms with E-state index in [4.69, 9.17) is 0 Å². The SMILES string of the molecule is CCn1ccc(CNC(C)C(CO)SC)c1. The molecule has 16 heavy (non-hydrogen) atoms. The van der Waals surface area contributed by atoms with Gasteiger partial charge in [-0.15, -0.1) is 0 Å². The number of rotatable bonds is 7. The highest BCUT2D eigenvalue weighted by atomic mass is 32.2. The number of hydrogen-bond donors (Lipinski definition) is 2. The molecule has 0 aliphatic rings. The van der Waals surface area contributed by atoms with Crippen LogP contribution in [0.2, 0.25) is 0 Å². The van der Waals surface area contributed by atoms with Crippen molar-refractivity contribution in [3.8, 4) is 0 Å². The molecule has 3 nitrogen and oxygen atoms in total. The van der Waals surface area contributed by atoms with Crippen molar-refractivity contribution in [2.24, 2.45) is 0 Å². The average Bonchev–Trinajstić information content (AvgIpc) is 2.76. The summed E-state index contributed by atoms with van der Waals surface area (Å²) in [4.78, 5) is 0. The zero-order valence-corrected chi connectivity index (χ0v) is 11.1. The lowest BCUT2D eigenvalue weighted by Gasteiger charge is -2.21. The quantitative estimate of drug-likeness (QED) is 0.764. The normalized spacial score (nSPS) is 15.0. The first kappa shape index (κ1) is 13.6. The molecule has 2 atom stereocenters. The van der Waals surface area contributed by atoms with Crippen molar-refractivity contribution in [3.05, 3.63) is 24.0 Å². The minimum absolute atomic E-state index is 0.227. The smallest absolute Gasteiger partial charge is 0.0564 e. The Hall–Kier alpha value is -0.450. The Labute approximate surface area is 102 Å². The molecule has 0 amide bonds. The fourth-order valence-electron chi connectivity index (χ4n) is 1.64. The second kappa shape index (κ2) is 6.99. The molecule has 2 unspecified atom stereocenters. The molecule has 0 aliphatic heterocycles. The molecule has 0 spiro atoms. The van der Waals surface area contributed by atoms with Crippen LogP contribution in [-0.2, 0) is 13.1 Å². The number of aromatic nitrogens is 1. The maximum absolute atomic E-state index is 9.17. The molecule has 4 heteroatoms. The van der Waals surface area contributed by atoms with E-state index in [0.717, 1.165) is 13.1 Å². The van der Waals surface area contributed by atoms with Crippen LogP contribution in [0.25, 0.3) is 0 Å². The van der Waals surface area contributed by atoms with Gasteiger partial charge < -0.3 is 15.0 Å². The molecule has 1 aromatic rings. The maximum atomic E-state index is 9.17. The molecule has 0 fully saturated rings. The third-order valence-corrected chi connectivity index (χ3v) is 4.01. The average molecular weight is 242 g/mol. The first-order valence-electron chi connectivity index (χ1n) is 5.73. The Balaban J connectivity index is 2.38. The van der Waals surface area contributed by atoms with Crippen LogP contribution in [0, 0.1) is 0 Å². The lowest BCUT2D eigenvalue weighted by atomic mass is 10.2. The van der Waals surface area contributed by atoms with Gasteiger partial charge in [0.15, 0.2) is 0 Å². The van der Waals surface area contributed by atoms with Gasteiger partial charge in [0.2, 0.25) is 0 Å². The summed E-state index contributed by atoms with van der Waals surface area (Å²) in [5.74, 6) is 0. The Bertz CT molecular complexity index is 297. The molecule has 0 bridgehead atoms. The van der Waals surface area contributed by atoms with Gasteiger partial charge in [0.1, 0.15) is 0 Å². The first-order chi connectivity index (χ1) is 7.71. The van der Waals surface area contributed by atoms with Crippen molar-refractivity contribution in [2.45, 2.75) is 38.2 Å². The molecule has 0 saturated heterocycles. The molecule has 0 saturated carbocycles. The molecule has 92 valence electrons. The highest BCUT2D eigenvalue weighted by Gasteiger charge is 2.14. The van der Waals surface area contributed by atoms with Crippen LogP contribution in [0.3, 0.4) is 0 Å². The molecular formula is C12H22N2OS. The number of thioether (sulfide) groups is 1. The molecule has 0 aromatic carbocycles. The zero-order valence-electron chi connectivity index (χ0n) is 10.3. The number of nitrogens with zero attached hydrogens (tertiary/aromatic N) is 1. The summed E-state index contributed by atoms with van der Waals surface area (Å²) in [6.07, 6.45) is 6.29. The lowest BCUT2D eigenvalue weighted by Crippen LogP contribution is -2.36. The van der Waals surface area contributed by atoms with Crippen molar-refractivity contribution in [1.82, 2.24) is 9.88 Å². The van der Waals surface area contributed by atoms with Crippen LogP contribution < -0.4 is 5.32 Å². The highest BCUT2D eigenvalue weighted by molar-refractivity contribution is 7.99. The minimum Gasteiger partial charge on any atom is -0.395 e. The summed E-state index contributed by atoms with van der Waals surface area (Å²) in [5.41, 5.74) is 1.30. The van der Waals surface area contributed by atoms with E-state index in [1.807, 2.05) is 6.26 Å². The fourth-order valence-corrected chi connectivity index (χ4v) is 2.29. The number of hydrogen-bond acceptors (Lipinski definition) is 3.